The van der Waals surface area contributed by atoms with E-state index in [-0.39, 0.29) is 0 Å². The number of hydrogen-bond acceptors (Lipinski definition) is 4. The van der Waals surface area contributed by atoms with Crippen molar-refractivity contribution >= 4 is 16.9 Å². The fourth-order valence-electron chi connectivity index (χ4n) is 1.87. The third kappa shape index (κ3) is 1.44. The number of rotatable bonds is 1. The summed E-state index contributed by atoms with van der Waals surface area (Å²) in [6.07, 6.45) is 1.46. The molecule has 3 aromatic rings. The number of hydrogen-bond donors (Lipinski definition) is 1. The van der Waals surface area contributed by atoms with Crippen molar-refractivity contribution < 1.29 is 0 Å². The smallest absolute Gasteiger partial charge is 0.153 e. The Kier molecular flexibility index (Phi) is 2.04. The van der Waals surface area contributed by atoms with E-state index in [1.807, 2.05) is 37.3 Å². The number of benzene rings is 1. The van der Waals surface area contributed by atoms with Crippen molar-refractivity contribution in [3.05, 3.63) is 42.4 Å². The van der Waals surface area contributed by atoms with Crippen molar-refractivity contribution in [2.45, 2.75) is 6.92 Å². The molecule has 0 amide bonds. The average molecular weight is 225 g/mol. The molecule has 0 spiro atoms. The summed E-state index contributed by atoms with van der Waals surface area (Å²) in [7, 11) is 0. The summed E-state index contributed by atoms with van der Waals surface area (Å²) < 4.78 is 1.78. The Labute approximate surface area is 97.9 Å². The van der Waals surface area contributed by atoms with Crippen LogP contribution in [0.2, 0.25) is 0 Å². The fourth-order valence-corrected chi connectivity index (χ4v) is 1.87. The highest BCUT2D eigenvalue weighted by atomic mass is 15.3. The van der Waals surface area contributed by atoms with Gasteiger partial charge in [0.1, 0.15) is 17.4 Å². The zero-order valence-corrected chi connectivity index (χ0v) is 9.33. The van der Waals surface area contributed by atoms with Crippen LogP contribution in [-0.4, -0.2) is 19.7 Å². The molecule has 0 aliphatic carbocycles. The maximum Gasteiger partial charge on any atom is 0.153 e. The lowest BCUT2D eigenvalue weighted by Crippen LogP contribution is -2.00. The molecule has 2 heterocycles. The molecule has 3 rings (SSSR count). The molecule has 5 heteroatoms. The topological polar surface area (TPSA) is 69.6 Å². The molecule has 2 N–H and O–H groups in total. The van der Waals surface area contributed by atoms with Crippen LogP contribution < -0.4 is 5.73 Å². The molecule has 0 fully saturated rings. The summed E-state index contributed by atoms with van der Waals surface area (Å²) in [5, 5.41) is 4.46. The van der Waals surface area contributed by atoms with Gasteiger partial charge in [-0.25, -0.2) is 14.6 Å². The summed E-state index contributed by atoms with van der Waals surface area (Å²) in [5.41, 5.74) is 9.25. The van der Waals surface area contributed by atoms with Gasteiger partial charge in [0, 0.05) is 0 Å². The maximum atomic E-state index is 5.90. The predicted octanol–water partition coefficient (Wildman–Crippen LogP) is 1.71. The van der Waals surface area contributed by atoms with Gasteiger partial charge in [-0.15, -0.1) is 0 Å². The number of para-hydroxylation sites is 1. The Morgan fingerprint density at radius 1 is 1.12 bits per heavy atom. The molecule has 0 aliphatic rings. The number of anilines is 1. The van der Waals surface area contributed by atoms with E-state index >= 15 is 0 Å². The van der Waals surface area contributed by atoms with Gasteiger partial charge in [-0.1, -0.05) is 18.2 Å². The molecule has 84 valence electrons. The van der Waals surface area contributed by atoms with Crippen LogP contribution in [0.5, 0.6) is 0 Å². The van der Waals surface area contributed by atoms with Gasteiger partial charge in [0.15, 0.2) is 5.82 Å². The number of nitrogens with zero attached hydrogens (tertiary/aromatic N) is 4. The number of nitrogens with two attached hydrogens (primary N) is 1. The SMILES string of the molecule is Cc1nn(-c2ccccc2)c2c(N)ncnc12. The monoisotopic (exact) mass is 225 g/mol. The molecule has 17 heavy (non-hydrogen) atoms. The highest BCUT2D eigenvalue weighted by Gasteiger charge is 2.12. The molecule has 5 nitrogen and oxygen atoms in total. The van der Waals surface area contributed by atoms with E-state index < -0.39 is 0 Å². The van der Waals surface area contributed by atoms with E-state index in [0.717, 1.165) is 22.4 Å². The van der Waals surface area contributed by atoms with Crippen molar-refractivity contribution in [1.82, 2.24) is 19.7 Å². The highest BCUT2D eigenvalue weighted by molar-refractivity contribution is 5.87. The molecular formula is C12H11N5. The van der Waals surface area contributed by atoms with E-state index in [1.54, 1.807) is 4.68 Å². The summed E-state index contributed by atoms with van der Waals surface area (Å²) in [6, 6.07) is 9.81. The zero-order valence-electron chi connectivity index (χ0n) is 9.33. The molecule has 2 aromatic heterocycles. The largest absolute Gasteiger partial charge is 0.382 e. The van der Waals surface area contributed by atoms with Gasteiger partial charge >= 0.3 is 0 Å². The van der Waals surface area contributed by atoms with Crippen LogP contribution in [0.4, 0.5) is 5.82 Å². The predicted molar refractivity (Wildman–Crippen MR) is 65.8 cm³/mol. The van der Waals surface area contributed by atoms with Crippen LogP contribution in [0.1, 0.15) is 5.69 Å². The summed E-state index contributed by atoms with van der Waals surface area (Å²) >= 11 is 0. The average Bonchev–Trinajstić information content (AvgIpc) is 2.70. The van der Waals surface area contributed by atoms with Crippen molar-refractivity contribution in [2.24, 2.45) is 0 Å². The Morgan fingerprint density at radius 2 is 1.88 bits per heavy atom. The van der Waals surface area contributed by atoms with Gasteiger partial charge in [-0.2, -0.15) is 5.10 Å². The van der Waals surface area contributed by atoms with Gasteiger partial charge < -0.3 is 5.73 Å². The molecule has 0 saturated carbocycles. The van der Waals surface area contributed by atoms with Crippen LogP contribution in [0.3, 0.4) is 0 Å². The number of nitrogen functional groups attached to an aromatic ring is 1. The maximum absolute atomic E-state index is 5.90. The van der Waals surface area contributed by atoms with Crippen molar-refractivity contribution in [1.29, 1.82) is 0 Å². The second-order valence-electron chi connectivity index (χ2n) is 3.79. The van der Waals surface area contributed by atoms with Crippen LogP contribution in [0.25, 0.3) is 16.7 Å². The molecule has 0 saturated heterocycles. The third-order valence-corrected chi connectivity index (χ3v) is 2.66. The first-order chi connectivity index (χ1) is 8.27. The Balaban J connectivity index is 2.38. The molecule has 1 aromatic carbocycles. The summed E-state index contributed by atoms with van der Waals surface area (Å²) in [4.78, 5) is 8.23. The van der Waals surface area contributed by atoms with E-state index in [1.165, 1.54) is 6.33 Å². The van der Waals surface area contributed by atoms with Gasteiger partial charge in [0.05, 0.1) is 11.4 Å². The van der Waals surface area contributed by atoms with Crippen molar-refractivity contribution in [2.75, 3.05) is 5.73 Å². The van der Waals surface area contributed by atoms with E-state index in [4.69, 9.17) is 5.73 Å². The number of fused-ring (bicyclic) bond motifs is 1. The first-order valence-electron chi connectivity index (χ1n) is 5.28. The van der Waals surface area contributed by atoms with Crippen LogP contribution in [-0.2, 0) is 0 Å². The first kappa shape index (κ1) is 9.77. The lowest BCUT2D eigenvalue weighted by molar-refractivity contribution is 0.888. The third-order valence-electron chi connectivity index (χ3n) is 2.66. The lowest BCUT2D eigenvalue weighted by atomic mass is 10.3. The summed E-state index contributed by atoms with van der Waals surface area (Å²) in [6.45, 7) is 1.91. The van der Waals surface area contributed by atoms with Crippen LogP contribution >= 0.6 is 0 Å². The lowest BCUT2D eigenvalue weighted by Gasteiger charge is -2.03. The highest BCUT2D eigenvalue weighted by Crippen LogP contribution is 2.22. The second-order valence-corrected chi connectivity index (χ2v) is 3.79. The van der Waals surface area contributed by atoms with E-state index in [2.05, 4.69) is 15.1 Å². The van der Waals surface area contributed by atoms with E-state index in [0.29, 0.717) is 5.82 Å². The van der Waals surface area contributed by atoms with Gasteiger partial charge in [0.2, 0.25) is 0 Å². The minimum atomic E-state index is 0.444. The van der Waals surface area contributed by atoms with Crippen LogP contribution in [0.15, 0.2) is 36.7 Å². The minimum absolute atomic E-state index is 0.444. The minimum Gasteiger partial charge on any atom is -0.382 e. The van der Waals surface area contributed by atoms with Crippen molar-refractivity contribution in [3.8, 4) is 5.69 Å². The second kappa shape index (κ2) is 3.55. The number of aromatic nitrogens is 4. The Morgan fingerprint density at radius 3 is 2.65 bits per heavy atom. The van der Waals surface area contributed by atoms with Gasteiger partial charge in [0.25, 0.3) is 0 Å². The van der Waals surface area contributed by atoms with E-state index in [9.17, 15) is 0 Å². The molecular weight excluding hydrogens is 214 g/mol. The molecule has 0 aliphatic heterocycles. The van der Waals surface area contributed by atoms with Gasteiger partial charge in [-0.05, 0) is 19.1 Å². The molecule has 0 radical (unpaired) electrons. The number of aryl methyl sites for hydroxylation is 1. The molecule has 0 atom stereocenters. The standard InChI is InChI=1S/C12H11N5/c1-8-10-11(12(13)15-7-14-10)17(16-8)9-5-3-2-4-6-9/h2-7H,1H3,(H2,13,14,15). The zero-order chi connectivity index (χ0) is 11.8. The Hall–Kier alpha value is -2.43. The first-order valence-corrected chi connectivity index (χ1v) is 5.28. The molecule has 0 bridgehead atoms. The van der Waals surface area contributed by atoms with Crippen LogP contribution in [0, 0.1) is 6.92 Å². The fraction of sp³-hybridized carbons (Fsp3) is 0.0833. The van der Waals surface area contributed by atoms with Crippen molar-refractivity contribution in [3.63, 3.8) is 0 Å². The molecule has 0 unspecified atom stereocenters. The Bertz CT molecular complexity index is 672. The normalized spacial score (nSPS) is 10.9. The summed E-state index contributed by atoms with van der Waals surface area (Å²) in [5.74, 6) is 0.444. The van der Waals surface area contributed by atoms with Gasteiger partial charge in [-0.3, -0.25) is 0 Å². The quantitative estimate of drug-likeness (QED) is 0.684.